The van der Waals surface area contributed by atoms with Crippen LogP contribution >= 0.6 is 0 Å². The molecule has 0 aliphatic carbocycles. The zero-order valence-electron chi connectivity index (χ0n) is 14.6. The molecule has 1 aromatic carbocycles. The minimum atomic E-state index is -0.303. The fraction of sp³-hybridized carbons (Fsp3) is 0.600. The van der Waals surface area contributed by atoms with Crippen LogP contribution < -0.4 is 4.74 Å². The van der Waals surface area contributed by atoms with Gasteiger partial charge in [-0.3, -0.25) is 0 Å². The van der Waals surface area contributed by atoms with Gasteiger partial charge in [0.1, 0.15) is 5.60 Å². The molecule has 1 N–H and O–H groups in total. The summed E-state index contributed by atoms with van der Waals surface area (Å²) in [6, 6.07) is 5.60. The van der Waals surface area contributed by atoms with E-state index in [0.29, 0.717) is 11.7 Å². The topological polar surface area (TPSA) is 38.7 Å². The molecule has 0 unspecified atom stereocenters. The molecule has 2 aliphatic rings. The van der Waals surface area contributed by atoms with Crippen molar-refractivity contribution in [1.29, 1.82) is 0 Å². The molecule has 3 heteroatoms. The Hall–Kier alpha value is -1.48. The molecular formula is C20H28O3. The highest BCUT2D eigenvalue weighted by Crippen LogP contribution is 2.54. The molecule has 3 rings (SSSR count). The lowest BCUT2D eigenvalue weighted by molar-refractivity contribution is -0.152. The van der Waals surface area contributed by atoms with Crippen LogP contribution in [0.3, 0.4) is 0 Å². The Morgan fingerprint density at radius 2 is 2.13 bits per heavy atom. The number of allylic oxidation sites excluding steroid dienone is 2. The Labute approximate surface area is 139 Å². The van der Waals surface area contributed by atoms with Crippen LogP contribution in [0, 0.1) is 5.92 Å². The Kier molecular flexibility index (Phi) is 4.41. The fourth-order valence-corrected chi connectivity index (χ4v) is 3.96. The molecule has 0 aromatic heterocycles. The zero-order chi connectivity index (χ0) is 16.6. The van der Waals surface area contributed by atoms with Gasteiger partial charge >= 0.3 is 0 Å². The van der Waals surface area contributed by atoms with Gasteiger partial charge in [-0.2, -0.15) is 0 Å². The Morgan fingerprint density at radius 1 is 1.35 bits per heavy atom. The summed E-state index contributed by atoms with van der Waals surface area (Å²) in [7, 11) is 0. The summed E-state index contributed by atoms with van der Waals surface area (Å²) in [6.45, 7) is 8.56. The van der Waals surface area contributed by atoms with Crippen LogP contribution in [0.25, 0.3) is 0 Å². The summed E-state index contributed by atoms with van der Waals surface area (Å²) in [5, 5.41) is 10.3. The molecular weight excluding hydrogens is 288 g/mol. The maximum absolute atomic E-state index is 10.3. The third-order valence-corrected chi connectivity index (χ3v) is 5.27. The summed E-state index contributed by atoms with van der Waals surface area (Å²) in [5.41, 5.74) is 2.03. The Bertz CT molecular complexity index is 603. The van der Waals surface area contributed by atoms with Crippen molar-refractivity contribution in [2.24, 2.45) is 5.92 Å². The van der Waals surface area contributed by atoms with E-state index in [1.54, 1.807) is 6.07 Å². The summed E-state index contributed by atoms with van der Waals surface area (Å²) in [5.74, 6) is 1.16. The van der Waals surface area contributed by atoms with E-state index in [-0.39, 0.29) is 23.6 Å². The van der Waals surface area contributed by atoms with Gasteiger partial charge in [-0.15, -0.1) is 0 Å². The predicted molar refractivity (Wildman–Crippen MR) is 91.8 cm³/mol. The lowest BCUT2D eigenvalue weighted by Crippen LogP contribution is -2.50. The van der Waals surface area contributed by atoms with E-state index in [2.05, 4.69) is 33.8 Å². The van der Waals surface area contributed by atoms with Crippen LogP contribution in [0.15, 0.2) is 29.8 Å². The summed E-state index contributed by atoms with van der Waals surface area (Å²) in [4.78, 5) is 0. The summed E-state index contributed by atoms with van der Waals surface area (Å²) >= 11 is 0. The normalized spacial score (nSPS) is 32.4. The molecule has 0 bridgehead atoms. The van der Waals surface area contributed by atoms with E-state index in [0.717, 1.165) is 31.2 Å². The van der Waals surface area contributed by atoms with Crippen molar-refractivity contribution in [2.75, 3.05) is 0 Å². The second kappa shape index (κ2) is 6.20. The molecule has 0 amide bonds. The highest BCUT2D eigenvalue weighted by atomic mass is 16.5. The monoisotopic (exact) mass is 316 g/mol. The van der Waals surface area contributed by atoms with Crippen molar-refractivity contribution >= 4 is 0 Å². The number of fused-ring (bicyclic) bond motifs is 3. The number of phenols is 1. The maximum Gasteiger partial charge on any atom is 0.167 e. The number of benzene rings is 1. The van der Waals surface area contributed by atoms with Gasteiger partial charge in [0, 0.05) is 11.5 Å². The third-order valence-electron chi connectivity index (χ3n) is 5.27. The molecule has 0 saturated carbocycles. The van der Waals surface area contributed by atoms with Crippen LogP contribution in [0.4, 0.5) is 0 Å². The van der Waals surface area contributed by atoms with Crippen molar-refractivity contribution in [3.05, 3.63) is 35.4 Å². The van der Waals surface area contributed by atoms with E-state index in [1.807, 2.05) is 12.1 Å². The molecule has 1 aromatic rings. The van der Waals surface area contributed by atoms with Gasteiger partial charge in [0.2, 0.25) is 0 Å². The lowest BCUT2D eigenvalue weighted by atomic mass is 9.72. The minimum Gasteiger partial charge on any atom is -0.504 e. The molecule has 23 heavy (non-hydrogen) atoms. The number of rotatable bonds is 3. The van der Waals surface area contributed by atoms with Gasteiger partial charge in [0.05, 0.1) is 12.2 Å². The average Bonchev–Trinajstić information content (AvgIpc) is 2.48. The predicted octanol–water partition coefficient (Wildman–Crippen LogP) is 5.15. The van der Waals surface area contributed by atoms with Gasteiger partial charge in [0.25, 0.3) is 0 Å². The molecule has 4 atom stereocenters. The van der Waals surface area contributed by atoms with E-state index in [1.165, 1.54) is 5.57 Å². The average molecular weight is 316 g/mol. The van der Waals surface area contributed by atoms with Crippen molar-refractivity contribution in [2.45, 2.75) is 71.2 Å². The molecule has 1 fully saturated rings. The van der Waals surface area contributed by atoms with Crippen LogP contribution in [0.2, 0.25) is 0 Å². The molecule has 0 spiro atoms. The van der Waals surface area contributed by atoms with Crippen molar-refractivity contribution < 1.29 is 14.6 Å². The second-order valence-electron chi connectivity index (χ2n) is 7.48. The standard InChI is InChI=1S/C20H28O3/c1-13(2)7-6-12-20(4)16-11-10-14(3)22-18(16)15-8-5-9-17(21)19(15)23-20/h5,7-9,14,16,18,21H,6,10-12H2,1-4H3/t14-,16-,18+,20+/m1/s1. The molecule has 126 valence electrons. The third kappa shape index (κ3) is 3.12. The molecule has 3 nitrogen and oxygen atoms in total. The summed E-state index contributed by atoms with van der Waals surface area (Å²) in [6.07, 6.45) is 6.63. The Morgan fingerprint density at radius 3 is 2.87 bits per heavy atom. The van der Waals surface area contributed by atoms with Crippen LogP contribution in [0.1, 0.15) is 65.0 Å². The van der Waals surface area contributed by atoms with Crippen LogP contribution in [-0.4, -0.2) is 16.8 Å². The first-order chi connectivity index (χ1) is 10.9. The maximum atomic E-state index is 10.3. The Balaban J connectivity index is 1.95. The first kappa shape index (κ1) is 16.4. The number of ether oxygens (including phenoxy) is 2. The van der Waals surface area contributed by atoms with E-state index in [4.69, 9.17) is 9.47 Å². The van der Waals surface area contributed by atoms with Crippen molar-refractivity contribution in [3.8, 4) is 11.5 Å². The first-order valence-electron chi connectivity index (χ1n) is 8.70. The second-order valence-corrected chi connectivity index (χ2v) is 7.48. The van der Waals surface area contributed by atoms with Gasteiger partial charge in [-0.05, 0) is 59.4 Å². The van der Waals surface area contributed by atoms with E-state index < -0.39 is 0 Å². The highest BCUT2D eigenvalue weighted by Gasteiger charge is 2.49. The van der Waals surface area contributed by atoms with Gasteiger partial charge in [0.15, 0.2) is 11.5 Å². The van der Waals surface area contributed by atoms with E-state index in [9.17, 15) is 5.11 Å². The lowest BCUT2D eigenvalue weighted by Gasteiger charge is -2.50. The molecule has 1 saturated heterocycles. The number of hydrogen-bond donors (Lipinski definition) is 1. The van der Waals surface area contributed by atoms with Gasteiger partial charge in [-0.1, -0.05) is 23.8 Å². The van der Waals surface area contributed by atoms with Crippen molar-refractivity contribution in [3.63, 3.8) is 0 Å². The first-order valence-corrected chi connectivity index (χ1v) is 8.70. The largest absolute Gasteiger partial charge is 0.504 e. The SMILES string of the molecule is CC(C)=CCC[C@]1(C)Oc2c(O)cccc2[C@@H]2O[C@H](C)CC[C@H]21. The zero-order valence-corrected chi connectivity index (χ0v) is 14.6. The molecule has 2 heterocycles. The fourth-order valence-electron chi connectivity index (χ4n) is 3.96. The quantitative estimate of drug-likeness (QED) is 0.784. The van der Waals surface area contributed by atoms with Crippen molar-refractivity contribution in [1.82, 2.24) is 0 Å². The molecule has 0 radical (unpaired) electrons. The van der Waals surface area contributed by atoms with E-state index >= 15 is 0 Å². The van der Waals surface area contributed by atoms with Gasteiger partial charge < -0.3 is 14.6 Å². The smallest absolute Gasteiger partial charge is 0.167 e. The number of phenolic OH excluding ortho intramolecular Hbond substituents is 1. The number of hydrogen-bond acceptors (Lipinski definition) is 3. The van der Waals surface area contributed by atoms with Crippen LogP contribution in [-0.2, 0) is 4.74 Å². The number of aromatic hydroxyl groups is 1. The minimum absolute atomic E-state index is 0.0197. The van der Waals surface area contributed by atoms with Gasteiger partial charge in [-0.25, -0.2) is 0 Å². The number of para-hydroxylation sites is 1. The summed E-state index contributed by atoms with van der Waals surface area (Å²) < 4.78 is 12.7. The van der Waals surface area contributed by atoms with Crippen LogP contribution in [0.5, 0.6) is 11.5 Å². The molecule has 2 aliphatic heterocycles. The highest BCUT2D eigenvalue weighted by molar-refractivity contribution is 5.49.